The van der Waals surface area contributed by atoms with E-state index < -0.39 is 0 Å². The Hall–Kier alpha value is -0.800. The fraction of sp³-hybridized carbons (Fsp3) is 0.826. The second kappa shape index (κ2) is 17.6. The van der Waals surface area contributed by atoms with Gasteiger partial charge in [-0.1, -0.05) is 82.8 Å². The smallest absolute Gasteiger partial charge is 0.0961 e. The molecular formula is C23H44N2O. The lowest BCUT2D eigenvalue weighted by Gasteiger charge is -2.17. The minimum atomic E-state index is 0.688. The molecule has 0 unspecified atom stereocenters. The third-order valence-corrected chi connectivity index (χ3v) is 5.18. The van der Waals surface area contributed by atoms with Crippen LogP contribution in [0.5, 0.6) is 0 Å². The standard InChI is InChI=1S/C23H44N2O/c1-25-20-16-18-23(21-25)17-14-12-10-8-6-4-3-5-7-9-11-13-15-19-24-22-26-2/h16,18,21,24H,3-15,17,19-20,22H2,1-2H3. The average molecular weight is 365 g/mol. The Morgan fingerprint density at radius 1 is 0.846 bits per heavy atom. The van der Waals surface area contributed by atoms with Crippen LogP contribution >= 0.6 is 0 Å². The number of hydrogen-bond donors (Lipinski definition) is 1. The minimum Gasteiger partial charge on any atom is -0.376 e. The Balaban J connectivity index is 1.71. The summed E-state index contributed by atoms with van der Waals surface area (Å²) in [5.41, 5.74) is 1.50. The van der Waals surface area contributed by atoms with Gasteiger partial charge in [0.25, 0.3) is 0 Å². The van der Waals surface area contributed by atoms with Crippen molar-refractivity contribution in [3.63, 3.8) is 0 Å². The third-order valence-electron chi connectivity index (χ3n) is 5.18. The van der Waals surface area contributed by atoms with Crippen molar-refractivity contribution in [3.8, 4) is 0 Å². The molecule has 1 N–H and O–H groups in total. The molecule has 3 heteroatoms. The van der Waals surface area contributed by atoms with Gasteiger partial charge in [0.15, 0.2) is 0 Å². The molecule has 26 heavy (non-hydrogen) atoms. The quantitative estimate of drug-likeness (QED) is 0.237. The Morgan fingerprint density at radius 2 is 1.38 bits per heavy atom. The molecule has 1 aliphatic rings. The maximum absolute atomic E-state index is 4.97. The first-order valence-electron chi connectivity index (χ1n) is 11.1. The van der Waals surface area contributed by atoms with Gasteiger partial charge in [-0.3, -0.25) is 5.32 Å². The highest BCUT2D eigenvalue weighted by molar-refractivity contribution is 5.21. The van der Waals surface area contributed by atoms with Crippen molar-refractivity contribution in [1.29, 1.82) is 0 Å². The lowest BCUT2D eigenvalue weighted by Crippen LogP contribution is -2.17. The van der Waals surface area contributed by atoms with Gasteiger partial charge in [0.1, 0.15) is 0 Å². The summed E-state index contributed by atoms with van der Waals surface area (Å²) in [6.07, 6.45) is 26.4. The molecule has 0 aromatic rings. The van der Waals surface area contributed by atoms with Crippen molar-refractivity contribution in [3.05, 3.63) is 23.9 Å². The van der Waals surface area contributed by atoms with E-state index in [0.717, 1.165) is 13.1 Å². The normalized spacial score (nSPS) is 14.1. The molecule has 1 heterocycles. The van der Waals surface area contributed by atoms with Crippen LogP contribution in [0.4, 0.5) is 0 Å². The highest BCUT2D eigenvalue weighted by atomic mass is 16.5. The Labute approximate surface area is 163 Å². The van der Waals surface area contributed by atoms with Crippen molar-refractivity contribution in [1.82, 2.24) is 10.2 Å². The monoisotopic (exact) mass is 364 g/mol. The van der Waals surface area contributed by atoms with Gasteiger partial charge in [0.2, 0.25) is 0 Å². The molecule has 0 amide bonds. The summed E-state index contributed by atoms with van der Waals surface area (Å²) >= 11 is 0. The number of ether oxygens (including phenoxy) is 1. The van der Waals surface area contributed by atoms with Crippen molar-refractivity contribution in [2.75, 3.05) is 34.0 Å². The fourth-order valence-corrected chi connectivity index (χ4v) is 3.59. The summed E-state index contributed by atoms with van der Waals surface area (Å²) in [5.74, 6) is 0. The van der Waals surface area contributed by atoms with Crippen LogP contribution in [0.15, 0.2) is 23.9 Å². The molecule has 0 saturated carbocycles. The molecule has 0 saturated heterocycles. The lowest BCUT2D eigenvalue weighted by molar-refractivity contribution is 0.175. The predicted molar refractivity (Wildman–Crippen MR) is 114 cm³/mol. The molecule has 152 valence electrons. The summed E-state index contributed by atoms with van der Waals surface area (Å²) in [7, 11) is 3.89. The van der Waals surface area contributed by atoms with Crippen molar-refractivity contribution in [2.45, 2.75) is 89.9 Å². The number of allylic oxidation sites excluding steroid dienone is 2. The van der Waals surface area contributed by atoms with Crippen LogP contribution in [0.2, 0.25) is 0 Å². The number of hydrogen-bond acceptors (Lipinski definition) is 3. The molecule has 0 radical (unpaired) electrons. The summed E-state index contributed by atoms with van der Waals surface area (Å²) in [4.78, 5) is 2.27. The zero-order valence-corrected chi connectivity index (χ0v) is 17.6. The topological polar surface area (TPSA) is 24.5 Å². The molecule has 0 aromatic carbocycles. The maximum atomic E-state index is 4.97. The number of likely N-dealkylation sites (N-methyl/N-ethyl adjacent to an activating group) is 1. The second-order valence-electron chi connectivity index (χ2n) is 7.83. The van der Waals surface area contributed by atoms with Crippen molar-refractivity contribution >= 4 is 0 Å². The van der Waals surface area contributed by atoms with E-state index in [1.54, 1.807) is 7.11 Å². The number of nitrogens with zero attached hydrogens (tertiary/aromatic N) is 1. The second-order valence-corrected chi connectivity index (χ2v) is 7.83. The molecular weight excluding hydrogens is 320 g/mol. The Bertz CT molecular complexity index is 365. The van der Waals surface area contributed by atoms with Crippen LogP contribution in [0.1, 0.15) is 89.9 Å². The summed E-state index contributed by atoms with van der Waals surface area (Å²) < 4.78 is 4.97. The predicted octanol–water partition coefficient (Wildman–Crippen LogP) is 6.03. The highest BCUT2D eigenvalue weighted by Crippen LogP contribution is 2.16. The molecule has 1 aliphatic heterocycles. The molecule has 3 nitrogen and oxygen atoms in total. The number of nitrogens with one attached hydrogen (secondary N) is 1. The van der Waals surface area contributed by atoms with Crippen LogP contribution in [-0.2, 0) is 4.74 Å². The van der Waals surface area contributed by atoms with Gasteiger partial charge in [0, 0.05) is 26.9 Å². The van der Waals surface area contributed by atoms with Crippen molar-refractivity contribution in [2.24, 2.45) is 0 Å². The van der Waals surface area contributed by atoms with E-state index in [1.165, 1.54) is 95.5 Å². The van der Waals surface area contributed by atoms with Crippen LogP contribution in [-0.4, -0.2) is 38.9 Å². The third kappa shape index (κ3) is 14.4. The highest BCUT2D eigenvalue weighted by Gasteiger charge is 2.01. The van der Waals surface area contributed by atoms with Crippen molar-refractivity contribution < 1.29 is 4.74 Å². The van der Waals surface area contributed by atoms with E-state index >= 15 is 0 Å². The number of rotatable bonds is 18. The van der Waals surface area contributed by atoms with Crippen LogP contribution in [0, 0.1) is 0 Å². The number of unbranched alkanes of at least 4 members (excludes halogenated alkanes) is 12. The van der Waals surface area contributed by atoms with Gasteiger partial charge in [-0.2, -0.15) is 0 Å². The van der Waals surface area contributed by atoms with Gasteiger partial charge in [0.05, 0.1) is 6.73 Å². The van der Waals surface area contributed by atoms with Crippen LogP contribution < -0.4 is 5.32 Å². The molecule has 0 spiro atoms. The van der Waals surface area contributed by atoms with Gasteiger partial charge < -0.3 is 9.64 Å². The van der Waals surface area contributed by atoms with Gasteiger partial charge in [-0.05, 0) is 31.4 Å². The zero-order valence-electron chi connectivity index (χ0n) is 17.6. The average Bonchev–Trinajstić information content (AvgIpc) is 2.64. The van der Waals surface area contributed by atoms with E-state index in [1.807, 2.05) is 0 Å². The van der Waals surface area contributed by atoms with Gasteiger partial charge in [-0.15, -0.1) is 0 Å². The Morgan fingerprint density at radius 3 is 1.92 bits per heavy atom. The van der Waals surface area contributed by atoms with E-state index in [-0.39, 0.29) is 0 Å². The summed E-state index contributed by atoms with van der Waals surface area (Å²) in [6, 6.07) is 0. The first-order valence-corrected chi connectivity index (χ1v) is 11.1. The molecule has 1 rings (SSSR count). The zero-order chi connectivity index (χ0) is 18.7. The summed E-state index contributed by atoms with van der Waals surface area (Å²) in [6.45, 7) is 2.85. The first kappa shape index (κ1) is 23.2. The van der Waals surface area contributed by atoms with Crippen LogP contribution in [0.3, 0.4) is 0 Å². The fourth-order valence-electron chi connectivity index (χ4n) is 3.59. The van der Waals surface area contributed by atoms with Crippen LogP contribution in [0.25, 0.3) is 0 Å². The van der Waals surface area contributed by atoms with Gasteiger partial charge >= 0.3 is 0 Å². The maximum Gasteiger partial charge on any atom is 0.0961 e. The van der Waals surface area contributed by atoms with E-state index in [2.05, 4.69) is 35.6 Å². The van der Waals surface area contributed by atoms with E-state index in [0.29, 0.717) is 6.73 Å². The Kier molecular flexibility index (Phi) is 15.7. The van der Waals surface area contributed by atoms with Gasteiger partial charge in [-0.25, -0.2) is 0 Å². The summed E-state index contributed by atoms with van der Waals surface area (Å²) in [5, 5.41) is 3.27. The first-order chi connectivity index (χ1) is 12.8. The lowest BCUT2D eigenvalue weighted by atomic mass is 10.0. The number of methoxy groups -OCH3 is 1. The van der Waals surface area contributed by atoms with E-state index in [4.69, 9.17) is 4.74 Å². The SMILES string of the molecule is COCNCCCCCCCCCCCCCCCC1=CN(C)CC=C1. The van der Waals surface area contributed by atoms with E-state index in [9.17, 15) is 0 Å². The molecule has 0 fully saturated rings. The molecule has 0 aromatic heterocycles. The molecule has 0 bridgehead atoms. The minimum absolute atomic E-state index is 0.688. The molecule has 0 aliphatic carbocycles. The molecule has 0 atom stereocenters. The largest absolute Gasteiger partial charge is 0.376 e.